The van der Waals surface area contributed by atoms with Crippen LogP contribution in [0.3, 0.4) is 0 Å². The Hall–Kier alpha value is -2.86. The molecule has 0 fully saturated rings. The smallest absolute Gasteiger partial charge is 0.243 e. The number of hydrazine groups is 1. The minimum absolute atomic E-state index is 0.0472. The molecule has 156 valence electrons. The number of aliphatic hydroxyl groups is 1. The Morgan fingerprint density at radius 3 is 3.00 bits per heavy atom. The molecule has 0 aliphatic carbocycles. The minimum atomic E-state index is -0.567. The maximum Gasteiger partial charge on any atom is 0.243 e. The average molecular weight is 396 g/mol. The number of rotatable bonds is 11. The largest absolute Gasteiger partial charge is 0.395 e. The van der Waals surface area contributed by atoms with Crippen LogP contribution in [0.4, 0.5) is 0 Å². The molecule has 0 spiro atoms. The number of aliphatic imine (C=N–C) groups is 2. The number of hydrogen-bond acceptors (Lipinski definition) is 10. The lowest BCUT2D eigenvalue weighted by atomic mass is 10.0. The van der Waals surface area contributed by atoms with E-state index < -0.39 is 12.1 Å². The number of nitrogens with one attached hydrogen (secondary N) is 5. The van der Waals surface area contributed by atoms with E-state index in [2.05, 4.69) is 43.7 Å². The highest BCUT2D eigenvalue weighted by Gasteiger charge is 2.27. The number of unbranched alkanes of at least 4 members (excludes halogenated alkanes) is 2. The van der Waals surface area contributed by atoms with E-state index in [4.69, 9.17) is 5.11 Å². The number of carbonyl (C=O) groups excluding carboxylic acids is 2. The van der Waals surface area contributed by atoms with Gasteiger partial charge in [0.15, 0.2) is 6.17 Å². The quantitative estimate of drug-likeness (QED) is 0.0942. The zero-order valence-electron chi connectivity index (χ0n) is 15.8. The molecule has 0 saturated carbocycles. The summed E-state index contributed by atoms with van der Waals surface area (Å²) in [4.78, 5) is 31.7. The molecular weight excluding hydrogens is 368 g/mol. The zero-order valence-corrected chi connectivity index (χ0v) is 15.8. The topological polar surface area (TPSA) is 163 Å². The normalized spacial score (nSPS) is 18.4. The molecule has 0 saturated heterocycles. The van der Waals surface area contributed by atoms with Crippen molar-refractivity contribution in [3.05, 3.63) is 11.5 Å². The average Bonchev–Trinajstić information content (AvgIpc) is 3.18. The van der Waals surface area contributed by atoms with Crippen molar-refractivity contribution in [1.29, 1.82) is 0 Å². The fourth-order valence-corrected chi connectivity index (χ4v) is 2.79. The van der Waals surface area contributed by atoms with Gasteiger partial charge in [0.2, 0.25) is 18.3 Å². The first kappa shape index (κ1) is 21.4. The van der Waals surface area contributed by atoms with Gasteiger partial charge in [0.05, 0.1) is 25.4 Å². The van der Waals surface area contributed by atoms with Crippen LogP contribution in [0.15, 0.2) is 21.5 Å². The van der Waals surface area contributed by atoms with Crippen LogP contribution in [-0.2, 0) is 9.59 Å². The van der Waals surface area contributed by atoms with Crippen LogP contribution < -0.4 is 26.8 Å². The van der Waals surface area contributed by atoms with E-state index >= 15 is 0 Å². The fourth-order valence-electron chi connectivity index (χ4n) is 2.79. The van der Waals surface area contributed by atoms with E-state index in [0.29, 0.717) is 29.5 Å². The third-order valence-corrected chi connectivity index (χ3v) is 4.23. The summed E-state index contributed by atoms with van der Waals surface area (Å²) in [5.41, 5.74) is 5.99. The molecule has 0 aromatic heterocycles. The second kappa shape index (κ2) is 11.1. The predicted molar refractivity (Wildman–Crippen MR) is 102 cm³/mol. The number of hydroxylamine groups is 2. The highest BCUT2D eigenvalue weighted by Crippen LogP contribution is 2.15. The summed E-state index contributed by atoms with van der Waals surface area (Å²) in [6, 6.07) is 0. The van der Waals surface area contributed by atoms with Crippen molar-refractivity contribution in [2.24, 2.45) is 15.9 Å². The van der Waals surface area contributed by atoms with Crippen LogP contribution >= 0.6 is 0 Å². The van der Waals surface area contributed by atoms with E-state index in [1.807, 2.05) is 0 Å². The molecule has 2 rings (SSSR count). The van der Waals surface area contributed by atoms with Gasteiger partial charge in [0.25, 0.3) is 0 Å². The fraction of sp³-hybridized carbons (Fsp3) is 0.625. The Morgan fingerprint density at radius 1 is 1.46 bits per heavy atom. The first-order valence-electron chi connectivity index (χ1n) is 9.27. The van der Waals surface area contributed by atoms with Crippen LogP contribution in [-0.4, -0.2) is 65.9 Å². The molecule has 0 radical (unpaired) electrons. The lowest BCUT2D eigenvalue weighted by Gasteiger charge is -2.25. The maximum absolute atomic E-state index is 12.5. The molecule has 2 aliphatic heterocycles. The molecule has 2 atom stereocenters. The van der Waals surface area contributed by atoms with Crippen molar-refractivity contribution in [2.75, 3.05) is 19.7 Å². The van der Waals surface area contributed by atoms with E-state index in [1.165, 1.54) is 6.34 Å². The predicted octanol–water partition coefficient (Wildman–Crippen LogP) is -1.68. The van der Waals surface area contributed by atoms with Crippen molar-refractivity contribution in [1.82, 2.24) is 31.9 Å². The van der Waals surface area contributed by atoms with E-state index in [0.717, 1.165) is 19.3 Å². The van der Waals surface area contributed by atoms with Gasteiger partial charge in [-0.3, -0.25) is 25.6 Å². The lowest BCUT2D eigenvalue weighted by molar-refractivity contribution is -0.154. The molecular formula is C16H28N8O4. The first-order valence-corrected chi connectivity index (χ1v) is 9.27. The summed E-state index contributed by atoms with van der Waals surface area (Å²) in [6.07, 6.45) is 4.62. The zero-order chi connectivity index (χ0) is 20.4. The lowest BCUT2D eigenvalue weighted by Crippen LogP contribution is -2.54. The second-order valence-corrected chi connectivity index (χ2v) is 6.37. The Bertz CT molecular complexity index is 636. The molecule has 0 aromatic rings. The monoisotopic (exact) mass is 396 g/mol. The molecule has 2 heterocycles. The number of carbonyl (C=O) groups is 2. The molecule has 12 nitrogen and oxygen atoms in total. The van der Waals surface area contributed by atoms with E-state index in [-0.39, 0.29) is 31.4 Å². The summed E-state index contributed by atoms with van der Waals surface area (Å²) in [5.74, 6) is -0.0749. The van der Waals surface area contributed by atoms with Gasteiger partial charge >= 0.3 is 0 Å². The highest BCUT2D eigenvalue weighted by molar-refractivity contribution is 5.87. The van der Waals surface area contributed by atoms with Crippen molar-refractivity contribution < 1.29 is 19.9 Å². The van der Waals surface area contributed by atoms with Crippen LogP contribution in [0.25, 0.3) is 0 Å². The third-order valence-electron chi connectivity index (χ3n) is 4.23. The van der Waals surface area contributed by atoms with Gasteiger partial charge in [-0.25, -0.2) is 15.0 Å². The van der Waals surface area contributed by atoms with Gasteiger partial charge in [-0.2, -0.15) is 0 Å². The van der Waals surface area contributed by atoms with Gasteiger partial charge in [0, 0.05) is 6.54 Å². The molecule has 28 heavy (non-hydrogen) atoms. The standard InChI is InChI=1S/C16H28N8O4/c1-2-3-4-5-11(8-24(28)10-26)15(27)22-23-16-20-13(17-6-7-25)12-14(21-16)19-9-18-12/h9-11,14,17,25,28H,2-8H2,1H3,(H,18,19)(H,22,27)(H2,20,21,23)/t11-,14?/m1/s1. The van der Waals surface area contributed by atoms with Gasteiger partial charge < -0.3 is 21.1 Å². The van der Waals surface area contributed by atoms with Crippen LogP contribution in [0.5, 0.6) is 0 Å². The molecule has 2 amide bonds. The Kier molecular flexibility index (Phi) is 8.49. The van der Waals surface area contributed by atoms with Gasteiger partial charge in [-0.15, -0.1) is 0 Å². The number of fused-ring (bicyclic) bond motifs is 1. The van der Waals surface area contributed by atoms with Crippen molar-refractivity contribution >= 4 is 24.6 Å². The minimum Gasteiger partial charge on any atom is -0.395 e. The van der Waals surface area contributed by atoms with Crippen LogP contribution in [0, 0.1) is 5.92 Å². The highest BCUT2D eigenvalue weighted by atomic mass is 16.5. The van der Waals surface area contributed by atoms with Gasteiger partial charge in [0.1, 0.15) is 11.5 Å². The Labute approximate surface area is 163 Å². The van der Waals surface area contributed by atoms with E-state index in [1.54, 1.807) is 0 Å². The third kappa shape index (κ3) is 6.09. The van der Waals surface area contributed by atoms with Crippen LogP contribution in [0.2, 0.25) is 0 Å². The summed E-state index contributed by atoms with van der Waals surface area (Å²) < 4.78 is 0. The van der Waals surface area contributed by atoms with E-state index in [9.17, 15) is 14.8 Å². The van der Waals surface area contributed by atoms with Crippen molar-refractivity contribution in [3.8, 4) is 0 Å². The molecule has 12 heteroatoms. The summed E-state index contributed by atoms with van der Waals surface area (Å²) in [7, 11) is 0. The Morgan fingerprint density at radius 2 is 2.29 bits per heavy atom. The molecule has 2 aliphatic rings. The SMILES string of the molecule is CCCCC[C@H](CN(O)C=O)C(=O)NNC1=NC2N=CNC2=C(NCCO)N1. The summed E-state index contributed by atoms with van der Waals surface area (Å²) >= 11 is 0. The number of nitrogens with zero attached hydrogens (tertiary/aromatic N) is 3. The molecule has 7 N–H and O–H groups in total. The summed E-state index contributed by atoms with van der Waals surface area (Å²) in [5, 5.41) is 27.9. The van der Waals surface area contributed by atoms with Crippen molar-refractivity contribution in [2.45, 2.75) is 38.8 Å². The number of hydrogen-bond donors (Lipinski definition) is 7. The second-order valence-electron chi connectivity index (χ2n) is 6.37. The molecule has 1 unspecified atom stereocenters. The number of amides is 2. The van der Waals surface area contributed by atoms with Crippen LogP contribution in [0.1, 0.15) is 32.6 Å². The molecule has 0 aromatic carbocycles. The van der Waals surface area contributed by atoms with Gasteiger partial charge in [-0.05, 0) is 6.42 Å². The number of guanidine groups is 1. The Balaban J connectivity index is 1.93. The van der Waals surface area contributed by atoms with Gasteiger partial charge in [-0.1, -0.05) is 26.2 Å². The maximum atomic E-state index is 12.5. The van der Waals surface area contributed by atoms with Crippen molar-refractivity contribution in [3.63, 3.8) is 0 Å². The first-order chi connectivity index (χ1) is 13.6. The molecule has 0 bridgehead atoms. The summed E-state index contributed by atoms with van der Waals surface area (Å²) in [6.45, 7) is 2.24. The number of aliphatic hydroxyl groups excluding tert-OH is 1.